The zero-order valence-electron chi connectivity index (χ0n) is 11.1. The molecule has 0 radical (unpaired) electrons. The summed E-state index contributed by atoms with van der Waals surface area (Å²) in [4.78, 5) is 15.5. The van der Waals surface area contributed by atoms with E-state index >= 15 is 0 Å². The lowest BCUT2D eigenvalue weighted by molar-refractivity contribution is -0.384. The van der Waals surface area contributed by atoms with E-state index in [1.165, 1.54) is 23.1 Å². The Morgan fingerprint density at radius 3 is 2.68 bits per heavy atom. The minimum atomic E-state index is -4.49. The summed E-state index contributed by atoms with van der Waals surface area (Å²) in [5.74, 6) is 0. The van der Waals surface area contributed by atoms with E-state index < -0.39 is 16.8 Å². The Morgan fingerprint density at radius 1 is 1.45 bits per heavy atom. The third-order valence-corrected chi connectivity index (χ3v) is 4.09. The zero-order chi connectivity index (χ0) is 16.5. The highest BCUT2D eigenvalue weighted by Crippen LogP contribution is 2.33. The van der Waals surface area contributed by atoms with Gasteiger partial charge >= 0.3 is 6.18 Å². The Kier molecular flexibility index (Phi) is 4.71. The molecule has 0 aliphatic heterocycles. The second kappa shape index (κ2) is 6.21. The van der Waals surface area contributed by atoms with Gasteiger partial charge in [-0.1, -0.05) is 15.9 Å². The minimum Gasteiger partial charge on any atom is -0.362 e. The number of benzene rings is 1. The molecule has 0 fully saturated rings. The highest BCUT2D eigenvalue weighted by atomic mass is 79.9. The highest BCUT2D eigenvalue weighted by molar-refractivity contribution is 9.10. The van der Waals surface area contributed by atoms with Crippen molar-refractivity contribution in [3.63, 3.8) is 0 Å². The highest BCUT2D eigenvalue weighted by Gasteiger charge is 2.33. The molecule has 0 saturated heterocycles. The number of nitrogens with zero attached hydrogens (tertiary/aromatic N) is 3. The lowest BCUT2D eigenvalue weighted by atomic mass is 10.2. The molecule has 0 atom stereocenters. The smallest absolute Gasteiger partial charge is 0.362 e. The number of alkyl halides is 3. The van der Waals surface area contributed by atoms with Crippen LogP contribution in [-0.2, 0) is 12.7 Å². The quantitative estimate of drug-likeness (QED) is 0.565. The SMILES string of the molecule is CN(Cc1nc(C(F)(F)F)cs1)c1cc(Br)ccc1[N+](=O)[O-]. The first-order valence-corrected chi connectivity index (χ1v) is 7.52. The van der Waals surface area contributed by atoms with Gasteiger partial charge in [0.15, 0.2) is 5.69 Å². The van der Waals surface area contributed by atoms with Crippen LogP contribution < -0.4 is 4.90 Å². The molecule has 0 spiro atoms. The second-order valence-electron chi connectivity index (χ2n) is 4.37. The van der Waals surface area contributed by atoms with Crippen LogP contribution in [0.15, 0.2) is 28.1 Å². The van der Waals surface area contributed by atoms with Gasteiger partial charge in [-0.3, -0.25) is 10.1 Å². The lowest BCUT2D eigenvalue weighted by Gasteiger charge is -2.18. The largest absolute Gasteiger partial charge is 0.434 e. The predicted molar refractivity (Wildman–Crippen MR) is 80.0 cm³/mol. The first-order chi connectivity index (χ1) is 10.2. The van der Waals surface area contributed by atoms with E-state index in [9.17, 15) is 23.3 Å². The molecule has 2 rings (SSSR count). The minimum absolute atomic E-state index is 0.0397. The van der Waals surface area contributed by atoms with E-state index in [2.05, 4.69) is 20.9 Å². The molecular weight excluding hydrogens is 387 g/mol. The fourth-order valence-electron chi connectivity index (χ4n) is 1.76. The summed E-state index contributed by atoms with van der Waals surface area (Å²) < 4.78 is 38.2. The van der Waals surface area contributed by atoms with Crippen molar-refractivity contribution in [1.82, 2.24) is 4.98 Å². The van der Waals surface area contributed by atoms with Crippen molar-refractivity contribution in [1.29, 1.82) is 0 Å². The number of hydrogen-bond acceptors (Lipinski definition) is 5. The van der Waals surface area contributed by atoms with E-state index in [4.69, 9.17) is 0 Å². The van der Waals surface area contributed by atoms with E-state index in [1.807, 2.05) is 0 Å². The maximum Gasteiger partial charge on any atom is 0.434 e. The zero-order valence-corrected chi connectivity index (χ0v) is 13.5. The maximum atomic E-state index is 12.5. The molecule has 0 aliphatic carbocycles. The molecule has 0 unspecified atom stereocenters. The molecule has 1 heterocycles. The first-order valence-electron chi connectivity index (χ1n) is 5.85. The topological polar surface area (TPSA) is 59.3 Å². The van der Waals surface area contributed by atoms with Crippen molar-refractivity contribution in [3.8, 4) is 0 Å². The fraction of sp³-hybridized carbons (Fsp3) is 0.250. The molecule has 1 aromatic carbocycles. The average molecular weight is 396 g/mol. The number of aromatic nitrogens is 1. The number of anilines is 1. The molecule has 10 heteroatoms. The number of nitro benzene ring substituents is 1. The van der Waals surface area contributed by atoms with Crippen LogP contribution in [0, 0.1) is 10.1 Å². The predicted octanol–water partition coefficient (Wildman–Crippen LogP) is 4.47. The van der Waals surface area contributed by atoms with Crippen molar-refractivity contribution in [2.24, 2.45) is 0 Å². The summed E-state index contributed by atoms with van der Waals surface area (Å²) in [6, 6.07) is 4.40. The summed E-state index contributed by atoms with van der Waals surface area (Å²) in [5.41, 5.74) is -0.786. The van der Waals surface area contributed by atoms with Gasteiger partial charge in [-0.2, -0.15) is 13.2 Å². The Morgan fingerprint density at radius 2 is 2.14 bits per heavy atom. The molecule has 0 amide bonds. The first kappa shape index (κ1) is 16.7. The molecule has 0 saturated carbocycles. The molecule has 0 N–H and O–H groups in total. The van der Waals surface area contributed by atoms with Crippen LogP contribution in [0.2, 0.25) is 0 Å². The van der Waals surface area contributed by atoms with Crippen molar-refractivity contribution in [2.75, 3.05) is 11.9 Å². The van der Waals surface area contributed by atoms with Gasteiger partial charge in [-0.15, -0.1) is 11.3 Å². The third kappa shape index (κ3) is 3.74. The van der Waals surface area contributed by atoms with Gasteiger partial charge in [-0.25, -0.2) is 4.98 Å². The van der Waals surface area contributed by atoms with E-state index in [0.29, 0.717) is 10.2 Å². The molecule has 0 aliphatic rings. The maximum absolute atomic E-state index is 12.5. The van der Waals surface area contributed by atoms with E-state index in [1.54, 1.807) is 7.05 Å². The summed E-state index contributed by atoms with van der Waals surface area (Å²) in [6.45, 7) is 0.0397. The van der Waals surface area contributed by atoms with Crippen molar-refractivity contribution in [2.45, 2.75) is 12.7 Å². The Labute approximate surface area is 135 Å². The van der Waals surface area contributed by atoms with Crippen LogP contribution in [0.4, 0.5) is 24.5 Å². The van der Waals surface area contributed by atoms with Gasteiger partial charge in [0, 0.05) is 23.0 Å². The van der Waals surface area contributed by atoms with Crippen LogP contribution >= 0.6 is 27.3 Å². The van der Waals surface area contributed by atoms with Crippen molar-refractivity contribution >= 4 is 38.6 Å². The second-order valence-corrected chi connectivity index (χ2v) is 6.23. The fourth-order valence-corrected chi connectivity index (χ4v) is 2.96. The van der Waals surface area contributed by atoms with Gasteiger partial charge in [0.1, 0.15) is 10.7 Å². The number of halogens is 4. The average Bonchev–Trinajstić information content (AvgIpc) is 2.86. The van der Waals surface area contributed by atoms with E-state index in [0.717, 1.165) is 16.7 Å². The third-order valence-electron chi connectivity index (χ3n) is 2.76. The normalized spacial score (nSPS) is 11.5. The van der Waals surface area contributed by atoms with Crippen LogP contribution in [-0.4, -0.2) is 17.0 Å². The van der Waals surface area contributed by atoms with E-state index in [-0.39, 0.29) is 17.2 Å². The molecule has 1 aromatic heterocycles. The summed E-state index contributed by atoms with van der Waals surface area (Å²) in [7, 11) is 1.56. The molecule has 5 nitrogen and oxygen atoms in total. The van der Waals surface area contributed by atoms with Gasteiger partial charge in [-0.05, 0) is 12.1 Å². The molecule has 118 valence electrons. The summed E-state index contributed by atoms with van der Waals surface area (Å²) >= 11 is 4.08. The van der Waals surface area contributed by atoms with Crippen LogP contribution in [0.3, 0.4) is 0 Å². The van der Waals surface area contributed by atoms with Gasteiger partial charge in [0.25, 0.3) is 5.69 Å². The number of thiazole rings is 1. The molecular formula is C12H9BrF3N3O2S. The number of rotatable bonds is 4. The van der Waals surface area contributed by atoms with Crippen LogP contribution in [0.5, 0.6) is 0 Å². The van der Waals surface area contributed by atoms with Gasteiger partial charge in [0.2, 0.25) is 0 Å². The Bertz CT molecular complexity index is 705. The van der Waals surface area contributed by atoms with Gasteiger partial charge in [0.05, 0.1) is 11.5 Å². The van der Waals surface area contributed by atoms with Crippen molar-refractivity contribution in [3.05, 3.63) is 48.9 Å². The Hall–Kier alpha value is -1.68. The standard InChI is InChI=1S/C12H9BrF3N3O2S/c1-18(5-11-17-10(6-22-11)12(14,15)16)9-4-7(13)2-3-8(9)19(20)21/h2-4,6H,5H2,1H3. The van der Waals surface area contributed by atoms with Gasteiger partial charge < -0.3 is 4.90 Å². The molecule has 22 heavy (non-hydrogen) atoms. The lowest BCUT2D eigenvalue weighted by Crippen LogP contribution is -2.18. The number of hydrogen-bond donors (Lipinski definition) is 0. The molecule has 0 bridgehead atoms. The van der Waals surface area contributed by atoms with Crippen molar-refractivity contribution < 1.29 is 18.1 Å². The summed E-state index contributed by atoms with van der Waals surface area (Å²) in [6.07, 6.45) is -4.49. The molecule has 2 aromatic rings. The van der Waals surface area contributed by atoms with Crippen LogP contribution in [0.1, 0.15) is 10.7 Å². The monoisotopic (exact) mass is 395 g/mol. The van der Waals surface area contributed by atoms with Crippen LogP contribution in [0.25, 0.3) is 0 Å². The summed E-state index contributed by atoms with van der Waals surface area (Å²) in [5, 5.41) is 12.2. The number of nitro groups is 1. The Balaban J connectivity index is 2.26.